The predicted octanol–water partition coefficient (Wildman–Crippen LogP) is -0.394. The molecule has 0 radical (unpaired) electrons. The van der Waals surface area contributed by atoms with E-state index in [4.69, 9.17) is 10.2 Å². The lowest BCUT2D eigenvalue weighted by molar-refractivity contribution is -0.140. The molecule has 0 spiro atoms. The molecule has 0 aromatic carbocycles. The van der Waals surface area contributed by atoms with Gasteiger partial charge in [0.25, 0.3) is 0 Å². The van der Waals surface area contributed by atoms with Crippen LogP contribution in [0.2, 0.25) is 0 Å². The van der Waals surface area contributed by atoms with Gasteiger partial charge in [-0.1, -0.05) is 6.92 Å². The molecule has 1 heterocycles. The Morgan fingerprint density at radius 2 is 2.05 bits per heavy atom. The smallest absolute Gasteiger partial charge is 0.328 e. The van der Waals surface area contributed by atoms with Crippen LogP contribution in [-0.4, -0.2) is 65.4 Å². The van der Waals surface area contributed by atoms with E-state index in [0.29, 0.717) is 6.54 Å². The molecule has 1 atom stereocenters. The summed E-state index contributed by atoms with van der Waals surface area (Å²) in [6.07, 6.45) is 2.54. The molecule has 0 aliphatic carbocycles. The SMILES string of the molecule is CCCN(C(=O)N[C@@H](CO)C(=O)O)C1CCNCC1. The predicted molar refractivity (Wildman–Crippen MR) is 69.9 cm³/mol. The summed E-state index contributed by atoms with van der Waals surface area (Å²) < 4.78 is 0. The van der Waals surface area contributed by atoms with Crippen LogP contribution in [0.5, 0.6) is 0 Å². The molecule has 0 unspecified atom stereocenters. The largest absolute Gasteiger partial charge is 0.480 e. The molecular weight excluding hydrogens is 250 g/mol. The van der Waals surface area contributed by atoms with Gasteiger partial charge in [0.05, 0.1) is 6.61 Å². The van der Waals surface area contributed by atoms with Gasteiger partial charge >= 0.3 is 12.0 Å². The Hall–Kier alpha value is -1.34. The summed E-state index contributed by atoms with van der Waals surface area (Å²) >= 11 is 0. The number of hydrogen-bond acceptors (Lipinski definition) is 4. The van der Waals surface area contributed by atoms with Crippen LogP contribution in [0.25, 0.3) is 0 Å². The van der Waals surface area contributed by atoms with Gasteiger partial charge < -0.3 is 25.7 Å². The normalized spacial score (nSPS) is 17.8. The molecule has 0 aromatic heterocycles. The number of aliphatic hydroxyl groups excluding tert-OH is 1. The molecule has 7 heteroatoms. The van der Waals surface area contributed by atoms with Crippen molar-refractivity contribution in [2.75, 3.05) is 26.2 Å². The average molecular weight is 273 g/mol. The third kappa shape index (κ3) is 4.68. The lowest BCUT2D eigenvalue weighted by Crippen LogP contribution is -2.54. The number of urea groups is 1. The molecular formula is C12H23N3O4. The van der Waals surface area contributed by atoms with E-state index in [1.165, 1.54) is 0 Å². The molecule has 1 aliphatic rings. The summed E-state index contributed by atoms with van der Waals surface area (Å²) in [5.41, 5.74) is 0. The first-order chi connectivity index (χ1) is 9.10. The van der Waals surface area contributed by atoms with Crippen molar-refractivity contribution >= 4 is 12.0 Å². The molecule has 1 rings (SSSR count). The molecule has 2 amide bonds. The Morgan fingerprint density at radius 1 is 1.42 bits per heavy atom. The Morgan fingerprint density at radius 3 is 2.53 bits per heavy atom. The Bertz CT molecular complexity index is 305. The molecule has 1 saturated heterocycles. The first kappa shape index (κ1) is 15.7. The van der Waals surface area contributed by atoms with Gasteiger partial charge in [-0.25, -0.2) is 9.59 Å². The maximum absolute atomic E-state index is 12.1. The van der Waals surface area contributed by atoms with Crippen molar-refractivity contribution in [2.24, 2.45) is 0 Å². The number of carbonyl (C=O) groups is 2. The van der Waals surface area contributed by atoms with Crippen molar-refractivity contribution in [3.05, 3.63) is 0 Å². The van der Waals surface area contributed by atoms with Crippen LogP contribution in [0.1, 0.15) is 26.2 Å². The summed E-state index contributed by atoms with van der Waals surface area (Å²) in [5.74, 6) is -1.22. The summed E-state index contributed by atoms with van der Waals surface area (Å²) in [7, 11) is 0. The van der Waals surface area contributed by atoms with Gasteiger partial charge in [-0.3, -0.25) is 0 Å². The molecule has 0 aromatic rings. The average Bonchev–Trinajstić information content (AvgIpc) is 2.42. The highest BCUT2D eigenvalue weighted by molar-refractivity contribution is 5.82. The van der Waals surface area contributed by atoms with E-state index < -0.39 is 24.6 Å². The van der Waals surface area contributed by atoms with Crippen molar-refractivity contribution in [1.29, 1.82) is 0 Å². The summed E-state index contributed by atoms with van der Waals surface area (Å²) in [6.45, 7) is 3.69. The number of carbonyl (C=O) groups excluding carboxylic acids is 1. The first-order valence-electron chi connectivity index (χ1n) is 6.71. The number of rotatable bonds is 6. The van der Waals surface area contributed by atoms with Crippen LogP contribution >= 0.6 is 0 Å². The Kier molecular flexibility index (Phi) is 6.58. The highest BCUT2D eigenvalue weighted by atomic mass is 16.4. The number of carboxylic acid groups (broad SMARTS) is 1. The van der Waals surface area contributed by atoms with Crippen LogP contribution in [0, 0.1) is 0 Å². The second kappa shape index (κ2) is 7.96. The van der Waals surface area contributed by atoms with Crippen LogP contribution in [0.4, 0.5) is 4.79 Å². The number of nitrogens with one attached hydrogen (secondary N) is 2. The number of aliphatic hydroxyl groups is 1. The minimum absolute atomic E-state index is 0.134. The molecule has 7 nitrogen and oxygen atoms in total. The van der Waals surface area contributed by atoms with E-state index in [9.17, 15) is 9.59 Å². The highest BCUT2D eigenvalue weighted by Gasteiger charge is 2.27. The molecule has 4 N–H and O–H groups in total. The summed E-state index contributed by atoms with van der Waals surface area (Å²) in [5, 5.41) is 23.4. The third-order valence-corrected chi connectivity index (χ3v) is 3.25. The number of nitrogens with zero attached hydrogens (tertiary/aromatic N) is 1. The number of piperidine rings is 1. The van der Waals surface area contributed by atoms with Crippen molar-refractivity contribution in [1.82, 2.24) is 15.5 Å². The van der Waals surface area contributed by atoms with Gasteiger partial charge in [-0.05, 0) is 32.4 Å². The van der Waals surface area contributed by atoms with Gasteiger partial charge in [-0.15, -0.1) is 0 Å². The molecule has 0 saturated carbocycles. The van der Waals surface area contributed by atoms with Crippen LogP contribution < -0.4 is 10.6 Å². The highest BCUT2D eigenvalue weighted by Crippen LogP contribution is 2.12. The summed E-state index contributed by atoms with van der Waals surface area (Å²) in [6, 6.07) is -1.52. The second-order valence-electron chi connectivity index (χ2n) is 4.70. The van der Waals surface area contributed by atoms with Crippen LogP contribution in [0.3, 0.4) is 0 Å². The third-order valence-electron chi connectivity index (χ3n) is 3.25. The van der Waals surface area contributed by atoms with Crippen molar-refractivity contribution in [2.45, 2.75) is 38.3 Å². The lowest BCUT2D eigenvalue weighted by atomic mass is 10.0. The van der Waals surface area contributed by atoms with E-state index in [1.54, 1.807) is 4.90 Å². The van der Waals surface area contributed by atoms with Gasteiger partial charge in [0, 0.05) is 12.6 Å². The summed E-state index contributed by atoms with van der Waals surface area (Å²) in [4.78, 5) is 24.6. The fraction of sp³-hybridized carbons (Fsp3) is 0.833. The van der Waals surface area contributed by atoms with Crippen molar-refractivity contribution < 1.29 is 19.8 Å². The Balaban J connectivity index is 2.63. The fourth-order valence-electron chi connectivity index (χ4n) is 2.23. The van der Waals surface area contributed by atoms with Crippen LogP contribution in [0.15, 0.2) is 0 Å². The molecule has 19 heavy (non-hydrogen) atoms. The lowest BCUT2D eigenvalue weighted by Gasteiger charge is -2.35. The maximum Gasteiger partial charge on any atom is 0.328 e. The minimum Gasteiger partial charge on any atom is -0.480 e. The van der Waals surface area contributed by atoms with E-state index in [2.05, 4.69) is 10.6 Å². The van der Waals surface area contributed by atoms with Crippen LogP contribution in [-0.2, 0) is 4.79 Å². The monoisotopic (exact) mass is 273 g/mol. The van der Waals surface area contributed by atoms with Crippen molar-refractivity contribution in [3.8, 4) is 0 Å². The van der Waals surface area contributed by atoms with Gasteiger partial charge in [0.2, 0.25) is 0 Å². The second-order valence-corrected chi connectivity index (χ2v) is 4.70. The van der Waals surface area contributed by atoms with E-state index >= 15 is 0 Å². The minimum atomic E-state index is -1.24. The fourth-order valence-corrected chi connectivity index (χ4v) is 2.23. The van der Waals surface area contributed by atoms with E-state index in [-0.39, 0.29) is 6.04 Å². The first-order valence-corrected chi connectivity index (χ1v) is 6.71. The van der Waals surface area contributed by atoms with E-state index in [0.717, 1.165) is 32.4 Å². The van der Waals surface area contributed by atoms with Gasteiger partial charge in [0.15, 0.2) is 6.04 Å². The van der Waals surface area contributed by atoms with E-state index in [1.807, 2.05) is 6.92 Å². The van der Waals surface area contributed by atoms with Gasteiger partial charge in [0.1, 0.15) is 0 Å². The number of carboxylic acids is 1. The molecule has 1 aliphatic heterocycles. The molecule has 1 fully saturated rings. The number of amides is 2. The zero-order valence-corrected chi connectivity index (χ0v) is 11.3. The number of aliphatic carboxylic acids is 1. The topological polar surface area (TPSA) is 102 Å². The number of hydrogen-bond donors (Lipinski definition) is 4. The molecule has 0 bridgehead atoms. The van der Waals surface area contributed by atoms with Crippen molar-refractivity contribution in [3.63, 3.8) is 0 Å². The maximum atomic E-state index is 12.1. The van der Waals surface area contributed by atoms with Gasteiger partial charge in [-0.2, -0.15) is 0 Å². The standard InChI is InChI=1S/C12H23N3O4/c1-2-7-15(9-3-5-13-6-4-9)12(19)14-10(8-16)11(17)18/h9-10,13,16H,2-8H2,1H3,(H,14,19)(H,17,18)/t10-/m0/s1. The zero-order chi connectivity index (χ0) is 14.3. The zero-order valence-electron chi connectivity index (χ0n) is 11.3. The Labute approximate surface area is 113 Å². The molecule has 110 valence electrons. The quantitative estimate of drug-likeness (QED) is 0.528.